The van der Waals surface area contributed by atoms with Gasteiger partial charge in [-0.3, -0.25) is 0 Å². The average Bonchev–Trinajstić information content (AvgIpc) is 2.55. The fourth-order valence-corrected chi connectivity index (χ4v) is 2.50. The van der Waals surface area contributed by atoms with Crippen LogP contribution in [-0.4, -0.2) is 24.7 Å². The van der Waals surface area contributed by atoms with E-state index in [0.717, 1.165) is 24.8 Å². The Balaban J connectivity index is 1.83. The Morgan fingerprint density at radius 3 is 2.46 bits per heavy atom. The molecule has 2 N–H and O–H groups in total. The first kappa shape index (κ1) is 18.1. The highest BCUT2D eigenvalue weighted by Gasteiger charge is 2.07. The molecule has 2 rings (SSSR count). The lowest BCUT2D eigenvalue weighted by Gasteiger charge is -2.24. The highest BCUT2D eigenvalue weighted by atomic mass is 32.1. The summed E-state index contributed by atoms with van der Waals surface area (Å²) >= 11 is 5.15. The fraction of sp³-hybridized carbons (Fsp3) is 0.278. The monoisotopic (exact) mass is 349 g/mol. The van der Waals surface area contributed by atoms with Gasteiger partial charge >= 0.3 is 0 Å². The van der Waals surface area contributed by atoms with Gasteiger partial charge in [-0.25, -0.2) is 8.78 Å². The van der Waals surface area contributed by atoms with Crippen molar-refractivity contribution >= 4 is 28.7 Å². The smallest absolute Gasteiger partial charge is 0.170 e. The van der Waals surface area contributed by atoms with Gasteiger partial charge in [-0.15, -0.1) is 0 Å². The van der Waals surface area contributed by atoms with E-state index in [0.29, 0.717) is 11.7 Å². The molecule has 0 aliphatic heterocycles. The number of hydrogen-bond acceptors (Lipinski definition) is 2. The van der Waals surface area contributed by atoms with E-state index < -0.39 is 11.6 Å². The Morgan fingerprint density at radius 1 is 1.12 bits per heavy atom. The normalized spacial score (nSPS) is 10.3. The Bertz CT molecular complexity index is 689. The molecule has 2 aromatic carbocycles. The van der Waals surface area contributed by atoms with Crippen molar-refractivity contribution in [3.05, 3.63) is 59.7 Å². The Labute approximate surface area is 146 Å². The zero-order valence-corrected chi connectivity index (χ0v) is 14.6. The minimum Gasteiger partial charge on any atom is -0.370 e. The number of likely N-dealkylation sites (N-methyl/N-ethyl adjacent to an activating group) is 1. The van der Waals surface area contributed by atoms with Crippen LogP contribution in [0.2, 0.25) is 0 Å². The summed E-state index contributed by atoms with van der Waals surface area (Å²) in [6, 6.07) is 11.7. The number of nitrogens with zero attached hydrogens (tertiary/aromatic N) is 1. The van der Waals surface area contributed by atoms with E-state index in [9.17, 15) is 8.78 Å². The summed E-state index contributed by atoms with van der Waals surface area (Å²) in [6.45, 7) is 6.38. The highest BCUT2D eigenvalue weighted by molar-refractivity contribution is 7.80. The SMILES string of the molecule is CCN(CCNC(=S)Nc1ccc(F)cc1F)c1ccc(C)cc1. The number of benzene rings is 2. The van der Waals surface area contributed by atoms with Crippen LogP contribution in [0.3, 0.4) is 0 Å². The minimum atomic E-state index is -0.672. The van der Waals surface area contributed by atoms with E-state index in [4.69, 9.17) is 12.2 Å². The van der Waals surface area contributed by atoms with Gasteiger partial charge in [-0.1, -0.05) is 17.7 Å². The second kappa shape index (κ2) is 8.59. The Hall–Kier alpha value is -2.21. The van der Waals surface area contributed by atoms with Crippen LogP contribution in [0.25, 0.3) is 0 Å². The largest absolute Gasteiger partial charge is 0.370 e. The predicted octanol–water partition coefficient (Wildman–Crippen LogP) is 4.09. The van der Waals surface area contributed by atoms with Crippen molar-refractivity contribution in [2.24, 2.45) is 0 Å². The highest BCUT2D eigenvalue weighted by Crippen LogP contribution is 2.15. The first-order valence-electron chi connectivity index (χ1n) is 7.81. The number of aryl methyl sites for hydroxylation is 1. The van der Waals surface area contributed by atoms with Crippen molar-refractivity contribution in [2.75, 3.05) is 29.9 Å². The predicted molar refractivity (Wildman–Crippen MR) is 99.6 cm³/mol. The molecule has 0 fully saturated rings. The third-order valence-electron chi connectivity index (χ3n) is 3.63. The van der Waals surface area contributed by atoms with Gasteiger partial charge in [-0.2, -0.15) is 0 Å². The topological polar surface area (TPSA) is 27.3 Å². The lowest BCUT2D eigenvalue weighted by atomic mass is 10.2. The van der Waals surface area contributed by atoms with Gasteiger partial charge in [0.2, 0.25) is 0 Å². The molecule has 6 heteroatoms. The van der Waals surface area contributed by atoms with Gasteiger partial charge in [0.25, 0.3) is 0 Å². The molecule has 3 nitrogen and oxygen atoms in total. The van der Waals surface area contributed by atoms with E-state index >= 15 is 0 Å². The summed E-state index contributed by atoms with van der Waals surface area (Å²) in [6.07, 6.45) is 0. The zero-order valence-electron chi connectivity index (χ0n) is 13.8. The van der Waals surface area contributed by atoms with Crippen molar-refractivity contribution in [3.8, 4) is 0 Å². The molecule has 0 aromatic heterocycles. The van der Waals surface area contributed by atoms with E-state index in [-0.39, 0.29) is 5.69 Å². The van der Waals surface area contributed by atoms with Crippen molar-refractivity contribution < 1.29 is 8.78 Å². The molecule has 0 radical (unpaired) electrons. The number of rotatable bonds is 6. The molecule has 0 atom stereocenters. The molecule has 0 spiro atoms. The molecule has 0 saturated carbocycles. The minimum absolute atomic E-state index is 0.153. The average molecular weight is 349 g/mol. The molecule has 0 aliphatic rings. The van der Waals surface area contributed by atoms with Crippen LogP contribution in [-0.2, 0) is 0 Å². The van der Waals surface area contributed by atoms with Crippen LogP contribution in [0.5, 0.6) is 0 Å². The maximum Gasteiger partial charge on any atom is 0.170 e. The third-order valence-corrected chi connectivity index (χ3v) is 3.87. The molecule has 0 heterocycles. The molecule has 24 heavy (non-hydrogen) atoms. The molecule has 0 aliphatic carbocycles. The van der Waals surface area contributed by atoms with Crippen molar-refractivity contribution in [1.82, 2.24) is 5.32 Å². The molecule has 0 saturated heterocycles. The maximum atomic E-state index is 13.6. The van der Waals surface area contributed by atoms with Gasteiger partial charge in [0.15, 0.2) is 5.11 Å². The van der Waals surface area contributed by atoms with Crippen LogP contribution in [0.15, 0.2) is 42.5 Å². The van der Waals surface area contributed by atoms with Crippen LogP contribution in [0.1, 0.15) is 12.5 Å². The second-order valence-electron chi connectivity index (χ2n) is 5.42. The van der Waals surface area contributed by atoms with Crippen LogP contribution < -0.4 is 15.5 Å². The molecular formula is C18H21F2N3S. The third kappa shape index (κ3) is 5.16. The molecule has 128 valence electrons. The first-order chi connectivity index (χ1) is 11.5. The van der Waals surface area contributed by atoms with Crippen LogP contribution >= 0.6 is 12.2 Å². The number of anilines is 2. The van der Waals surface area contributed by atoms with Gasteiger partial charge in [0, 0.05) is 31.4 Å². The van der Waals surface area contributed by atoms with Crippen molar-refractivity contribution in [2.45, 2.75) is 13.8 Å². The van der Waals surface area contributed by atoms with E-state index in [1.54, 1.807) is 0 Å². The molecule has 0 amide bonds. The summed E-state index contributed by atoms with van der Waals surface area (Å²) in [5, 5.41) is 6.08. The standard InChI is InChI=1S/C18H21F2N3S/c1-3-23(15-7-4-13(2)5-8-15)11-10-21-18(24)22-17-9-6-14(19)12-16(17)20/h4-9,12H,3,10-11H2,1-2H3,(H2,21,22,24). The van der Waals surface area contributed by atoms with E-state index in [1.165, 1.54) is 17.7 Å². The summed E-state index contributed by atoms with van der Waals surface area (Å²) in [7, 11) is 0. The quantitative estimate of drug-likeness (QED) is 0.768. The summed E-state index contributed by atoms with van der Waals surface area (Å²) < 4.78 is 26.5. The number of nitrogens with one attached hydrogen (secondary N) is 2. The van der Waals surface area contributed by atoms with Gasteiger partial charge < -0.3 is 15.5 Å². The molecule has 2 aromatic rings. The lowest BCUT2D eigenvalue weighted by Crippen LogP contribution is -2.37. The van der Waals surface area contributed by atoms with Gasteiger partial charge in [-0.05, 0) is 50.3 Å². The second-order valence-corrected chi connectivity index (χ2v) is 5.83. The Morgan fingerprint density at radius 2 is 1.83 bits per heavy atom. The molecule has 0 unspecified atom stereocenters. The van der Waals surface area contributed by atoms with E-state index in [1.807, 2.05) is 0 Å². The van der Waals surface area contributed by atoms with Crippen molar-refractivity contribution in [1.29, 1.82) is 0 Å². The molecule has 0 bridgehead atoms. The summed E-state index contributed by atoms with van der Waals surface area (Å²) in [4.78, 5) is 2.22. The summed E-state index contributed by atoms with van der Waals surface area (Å²) in [5.74, 6) is -1.29. The number of halogens is 2. The zero-order chi connectivity index (χ0) is 17.5. The Kier molecular flexibility index (Phi) is 6.49. The maximum absolute atomic E-state index is 13.6. The fourth-order valence-electron chi connectivity index (χ4n) is 2.29. The number of thiocarbonyl (C=S) groups is 1. The first-order valence-corrected chi connectivity index (χ1v) is 8.22. The molecular weight excluding hydrogens is 328 g/mol. The van der Waals surface area contributed by atoms with Crippen LogP contribution in [0.4, 0.5) is 20.2 Å². The van der Waals surface area contributed by atoms with Crippen LogP contribution in [0, 0.1) is 18.6 Å². The van der Waals surface area contributed by atoms with E-state index in [2.05, 4.69) is 53.6 Å². The van der Waals surface area contributed by atoms with Gasteiger partial charge in [0.1, 0.15) is 11.6 Å². The van der Waals surface area contributed by atoms with Crippen molar-refractivity contribution in [3.63, 3.8) is 0 Å². The number of hydrogen-bond donors (Lipinski definition) is 2. The van der Waals surface area contributed by atoms with Gasteiger partial charge in [0.05, 0.1) is 5.69 Å². The lowest BCUT2D eigenvalue weighted by molar-refractivity contribution is 0.586. The summed E-state index contributed by atoms with van der Waals surface area (Å²) in [5.41, 5.74) is 2.52.